The molecule has 0 heterocycles. The van der Waals surface area contributed by atoms with Crippen molar-refractivity contribution >= 4 is 5.97 Å². The molecular weight excluding hydrogens is 230 g/mol. The molecule has 0 aromatic rings. The van der Waals surface area contributed by atoms with E-state index in [1.165, 1.54) is 25.7 Å². The van der Waals surface area contributed by atoms with Gasteiger partial charge in [-0.1, -0.05) is 39.0 Å². The molecule has 4 heteroatoms. The summed E-state index contributed by atoms with van der Waals surface area (Å²) in [6, 6.07) is -0.500. The second kappa shape index (κ2) is 12.8. The van der Waals surface area contributed by atoms with E-state index in [2.05, 4.69) is 6.92 Å². The van der Waals surface area contributed by atoms with Gasteiger partial charge in [0.15, 0.2) is 0 Å². The van der Waals surface area contributed by atoms with Gasteiger partial charge in [0.1, 0.15) is 6.04 Å². The highest BCUT2D eigenvalue weighted by atomic mass is 16.5. The van der Waals surface area contributed by atoms with Gasteiger partial charge in [-0.15, -0.1) is 0 Å². The molecular formula is C14H29NO3. The summed E-state index contributed by atoms with van der Waals surface area (Å²) >= 11 is 0. The molecule has 0 aliphatic heterocycles. The summed E-state index contributed by atoms with van der Waals surface area (Å²) in [6.07, 6.45) is 8.56. The highest BCUT2D eigenvalue weighted by Gasteiger charge is 2.13. The molecule has 1 unspecified atom stereocenters. The first kappa shape index (κ1) is 17.4. The normalized spacial score (nSPS) is 12.4. The number of ether oxygens (including phenoxy) is 2. The minimum atomic E-state index is -0.500. The van der Waals surface area contributed by atoms with Gasteiger partial charge in [0.2, 0.25) is 0 Å². The van der Waals surface area contributed by atoms with Gasteiger partial charge < -0.3 is 15.2 Å². The van der Waals surface area contributed by atoms with Gasteiger partial charge in [-0.25, -0.2) is 0 Å². The lowest BCUT2D eigenvalue weighted by Crippen LogP contribution is -2.32. The molecule has 1 atom stereocenters. The van der Waals surface area contributed by atoms with Crippen molar-refractivity contribution in [3.8, 4) is 0 Å². The maximum atomic E-state index is 11.5. The molecule has 0 saturated heterocycles. The Labute approximate surface area is 111 Å². The lowest BCUT2D eigenvalue weighted by Gasteiger charge is -2.11. The Morgan fingerprint density at radius 2 is 1.72 bits per heavy atom. The minimum Gasteiger partial charge on any atom is -0.465 e. The average Bonchev–Trinajstić information content (AvgIpc) is 2.37. The summed E-state index contributed by atoms with van der Waals surface area (Å²) in [5.41, 5.74) is 5.71. The predicted octanol–water partition coefficient (Wildman–Crippen LogP) is 2.64. The molecule has 4 nitrogen and oxygen atoms in total. The van der Waals surface area contributed by atoms with Crippen LogP contribution in [0.4, 0.5) is 0 Å². The van der Waals surface area contributed by atoms with Gasteiger partial charge in [-0.2, -0.15) is 0 Å². The van der Waals surface area contributed by atoms with Crippen molar-refractivity contribution in [2.75, 3.05) is 20.3 Å². The molecule has 0 saturated carbocycles. The molecule has 0 spiro atoms. The van der Waals surface area contributed by atoms with Crippen LogP contribution in [0.15, 0.2) is 0 Å². The number of hydrogen-bond acceptors (Lipinski definition) is 4. The third-order valence-electron chi connectivity index (χ3n) is 2.91. The van der Waals surface area contributed by atoms with Crippen molar-refractivity contribution in [2.24, 2.45) is 5.73 Å². The lowest BCUT2D eigenvalue weighted by molar-refractivity contribution is -0.145. The van der Waals surface area contributed by atoms with E-state index in [4.69, 9.17) is 15.2 Å². The molecule has 0 amide bonds. The zero-order chi connectivity index (χ0) is 13.6. The van der Waals surface area contributed by atoms with Gasteiger partial charge in [0.25, 0.3) is 0 Å². The van der Waals surface area contributed by atoms with E-state index in [9.17, 15) is 4.79 Å². The Hall–Kier alpha value is -0.610. The average molecular weight is 259 g/mol. The van der Waals surface area contributed by atoms with Crippen LogP contribution in [0.1, 0.15) is 58.3 Å². The number of hydrogen-bond donors (Lipinski definition) is 1. The van der Waals surface area contributed by atoms with E-state index in [1.54, 1.807) is 7.11 Å². The minimum absolute atomic E-state index is 0.278. The van der Waals surface area contributed by atoms with Crippen molar-refractivity contribution in [2.45, 2.75) is 64.3 Å². The van der Waals surface area contributed by atoms with Crippen LogP contribution >= 0.6 is 0 Å². The quantitative estimate of drug-likeness (QED) is 0.432. The fraction of sp³-hybridized carbons (Fsp3) is 0.929. The van der Waals surface area contributed by atoms with Crippen LogP contribution < -0.4 is 5.73 Å². The van der Waals surface area contributed by atoms with E-state index in [1.807, 2.05) is 0 Å². The van der Waals surface area contributed by atoms with Crippen LogP contribution in [-0.4, -0.2) is 32.3 Å². The largest absolute Gasteiger partial charge is 0.465 e. The fourth-order valence-electron chi connectivity index (χ4n) is 1.73. The third-order valence-corrected chi connectivity index (χ3v) is 2.91. The van der Waals surface area contributed by atoms with Gasteiger partial charge in [-0.05, 0) is 19.3 Å². The van der Waals surface area contributed by atoms with E-state index >= 15 is 0 Å². The van der Waals surface area contributed by atoms with Gasteiger partial charge in [-0.3, -0.25) is 4.79 Å². The van der Waals surface area contributed by atoms with E-state index < -0.39 is 6.04 Å². The number of methoxy groups -OCH3 is 1. The maximum Gasteiger partial charge on any atom is 0.322 e. The summed E-state index contributed by atoms with van der Waals surface area (Å²) in [6.45, 7) is 3.34. The van der Waals surface area contributed by atoms with Crippen LogP contribution in [0.3, 0.4) is 0 Å². The van der Waals surface area contributed by atoms with E-state index in [0.29, 0.717) is 19.6 Å². The zero-order valence-corrected chi connectivity index (χ0v) is 12.0. The lowest BCUT2D eigenvalue weighted by atomic mass is 10.1. The zero-order valence-electron chi connectivity index (χ0n) is 12.0. The van der Waals surface area contributed by atoms with Crippen molar-refractivity contribution in [1.82, 2.24) is 0 Å². The Morgan fingerprint density at radius 1 is 1.06 bits per heavy atom. The first-order valence-electron chi connectivity index (χ1n) is 7.13. The third kappa shape index (κ3) is 10.5. The molecule has 0 rings (SSSR count). The molecule has 108 valence electrons. The van der Waals surface area contributed by atoms with Crippen molar-refractivity contribution in [3.05, 3.63) is 0 Å². The number of carbonyl (C=O) groups is 1. The van der Waals surface area contributed by atoms with Crippen LogP contribution in [-0.2, 0) is 14.3 Å². The molecule has 0 aromatic carbocycles. The monoisotopic (exact) mass is 259 g/mol. The van der Waals surface area contributed by atoms with E-state index in [0.717, 1.165) is 19.3 Å². The number of unbranched alkanes of at least 4 members (excludes halogenated alkanes) is 5. The molecule has 0 aromatic heterocycles. The first-order chi connectivity index (χ1) is 8.72. The van der Waals surface area contributed by atoms with Crippen molar-refractivity contribution in [3.63, 3.8) is 0 Å². The standard InChI is InChI=1S/C14H29NO3/c1-3-4-5-6-7-8-12-18-14(16)13(15)10-9-11-17-2/h13H,3-12,15H2,1-2H3. The van der Waals surface area contributed by atoms with E-state index in [-0.39, 0.29) is 5.97 Å². The summed E-state index contributed by atoms with van der Waals surface area (Å²) < 4.78 is 10.0. The summed E-state index contributed by atoms with van der Waals surface area (Å²) in [7, 11) is 1.64. The second-order valence-corrected chi connectivity index (χ2v) is 4.68. The first-order valence-corrected chi connectivity index (χ1v) is 7.13. The second-order valence-electron chi connectivity index (χ2n) is 4.68. The van der Waals surface area contributed by atoms with Gasteiger partial charge in [0, 0.05) is 13.7 Å². The fourth-order valence-corrected chi connectivity index (χ4v) is 1.73. The van der Waals surface area contributed by atoms with Crippen LogP contribution in [0.25, 0.3) is 0 Å². The Morgan fingerprint density at radius 3 is 2.39 bits per heavy atom. The van der Waals surface area contributed by atoms with Crippen LogP contribution in [0, 0.1) is 0 Å². The Kier molecular flexibility index (Phi) is 12.4. The summed E-state index contributed by atoms with van der Waals surface area (Å²) in [4.78, 5) is 11.5. The number of esters is 1. The Balaban J connectivity index is 3.35. The number of nitrogens with two attached hydrogens (primary N) is 1. The molecule has 2 N–H and O–H groups in total. The maximum absolute atomic E-state index is 11.5. The number of carbonyl (C=O) groups excluding carboxylic acids is 1. The molecule has 0 fully saturated rings. The van der Waals surface area contributed by atoms with Crippen molar-refractivity contribution < 1.29 is 14.3 Å². The van der Waals surface area contributed by atoms with Crippen LogP contribution in [0.5, 0.6) is 0 Å². The Bertz CT molecular complexity index is 197. The predicted molar refractivity (Wildman–Crippen MR) is 73.4 cm³/mol. The summed E-state index contributed by atoms with van der Waals surface area (Å²) in [5.74, 6) is -0.278. The number of rotatable bonds is 12. The SMILES string of the molecule is CCCCCCCCOC(=O)C(N)CCCOC. The highest BCUT2D eigenvalue weighted by molar-refractivity contribution is 5.75. The summed E-state index contributed by atoms with van der Waals surface area (Å²) in [5, 5.41) is 0. The highest BCUT2D eigenvalue weighted by Crippen LogP contribution is 2.05. The van der Waals surface area contributed by atoms with Gasteiger partial charge >= 0.3 is 5.97 Å². The molecule has 0 aliphatic rings. The van der Waals surface area contributed by atoms with Gasteiger partial charge in [0.05, 0.1) is 6.61 Å². The smallest absolute Gasteiger partial charge is 0.322 e. The molecule has 18 heavy (non-hydrogen) atoms. The van der Waals surface area contributed by atoms with Crippen molar-refractivity contribution in [1.29, 1.82) is 0 Å². The topological polar surface area (TPSA) is 61.5 Å². The molecule has 0 aliphatic carbocycles. The molecule has 0 bridgehead atoms. The molecule has 0 radical (unpaired) electrons. The van der Waals surface area contributed by atoms with Crippen LogP contribution in [0.2, 0.25) is 0 Å².